The van der Waals surface area contributed by atoms with Gasteiger partial charge in [0.15, 0.2) is 4.87 Å². The Balaban J connectivity index is 2.03. The number of benzene rings is 2. The number of thioether (sulfide) groups is 1. The normalized spacial score (nSPS) is 19.2. The van der Waals surface area contributed by atoms with E-state index in [0.29, 0.717) is 13.2 Å². The van der Waals surface area contributed by atoms with Crippen LogP contribution in [0, 0.1) is 0 Å². The fourth-order valence-electron chi connectivity index (χ4n) is 2.73. The van der Waals surface area contributed by atoms with E-state index in [1.807, 2.05) is 60.7 Å². The van der Waals surface area contributed by atoms with Gasteiger partial charge in [-0.25, -0.2) is 0 Å². The van der Waals surface area contributed by atoms with Crippen LogP contribution in [0.15, 0.2) is 70.9 Å². The van der Waals surface area contributed by atoms with Crippen molar-refractivity contribution in [2.24, 2.45) is 10.2 Å². The van der Waals surface area contributed by atoms with Crippen LogP contribution in [-0.4, -0.2) is 18.3 Å². The van der Waals surface area contributed by atoms with Gasteiger partial charge in [0.25, 0.3) is 0 Å². The van der Waals surface area contributed by atoms with E-state index in [0.717, 1.165) is 11.1 Å². The number of azo groups is 1. The van der Waals surface area contributed by atoms with Crippen LogP contribution >= 0.6 is 19.4 Å². The van der Waals surface area contributed by atoms with Crippen LogP contribution in [0.4, 0.5) is 0 Å². The third-order valence-corrected chi connectivity index (χ3v) is 7.96. The maximum Gasteiger partial charge on any atom is 0.367 e. The fourth-order valence-corrected chi connectivity index (χ4v) is 6.33. The zero-order valence-electron chi connectivity index (χ0n) is 14.2. The molecule has 0 saturated carbocycles. The summed E-state index contributed by atoms with van der Waals surface area (Å²) in [6.45, 7) is 4.19. The maximum atomic E-state index is 13.1. The van der Waals surface area contributed by atoms with Gasteiger partial charge in [-0.1, -0.05) is 72.4 Å². The molecule has 1 unspecified atom stereocenters. The van der Waals surface area contributed by atoms with E-state index in [1.165, 1.54) is 11.8 Å². The minimum Gasteiger partial charge on any atom is -0.307 e. The molecule has 1 aliphatic rings. The molecule has 2 aromatic rings. The summed E-state index contributed by atoms with van der Waals surface area (Å²) in [7, 11) is -3.39. The summed E-state index contributed by atoms with van der Waals surface area (Å²) in [6.07, 6.45) is 0. The van der Waals surface area contributed by atoms with Gasteiger partial charge in [-0.05, 0) is 25.0 Å². The van der Waals surface area contributed by atoms with Crippen LogP contribution in [0.3, 0.4) is 0 Å². The molecule has 25 heavy (non-hydrogen) atoms. The van der Waals surface area contributed by atoms with E-state index in [2.05, 4.69) is 10.2 Å². The lowest BCUT2D eigenvalue weighted by Gasteiger charge is -2.27. The highest BCUT2D eigenvalue weighted by Crippen LogP contribution is 2.65. The van der Waals surface area contributed by atoms with Gasteiger partial charge in [0, 0.05) is 0 Å². The molecule has 132 valence electrons. The van der Waals surface area contributed by atoms with Crippen molar-refractivity contribution in [3.63, 3.8) is 0 Å². The summed E-state index contributed by atoms with van der Waals surface area (Å²) in [4.78, 5) is -0.753. The third-order valence-electron chi connectivity index (χ3n) is 3.79. The maximum absolute atomic E-state index is 13.1. The molecular weight excluding hydrogens is 355 g/mol. The topological polar surface area (TPSA) is 60.2 Å². The average Bonchev–Trinajstić information content (AvgIpc) is 3.11. The molecule has 0 spiro atoms. The van der Waals surface area contributed by atoms with Crippen LogP contribution in [0.5, 0.6) is 0 Å². The lowest BCUT2D eigenvalue weighted by molar-refractivity contribution is 0.218. The highest BCUT2D eigenvalue weighted by molar-refractivity contribution is 8.06. The molecule has 1 atom stereocenters. The molecule has 0 aliphatic carbocycles. The number of rotatable bonds is 7. The van der Waals surface area contributed by atoms with Crippen molar-refractivity contribution < 1.29 is 13.6 Å². The molecule has 5 nitrogen and oxygen atoms in total. The van der Waals surface area contributed by atoms with Crippen molar-refractivity contribution in [2.75, 3.05) is 13.2 Å². The molecule has 0 bridgehead atoms. The second-order valence-corrected chi connectivity index (χ2v) is 9.12. The molecule has 0 aromatic heterocycles. The van der Waals surface area contributed by atoms with Crippen LogP contribution in [0.25, 0.3) is 0 Å². The Bertz CT molecular complexity index is 721. The summed E-state index contributed by atoms with van der Waals surface area (Å²) in [5.41, 5.74) is 1.97. The number of nitrogens with zero attached hydrogens (tertiary/aromatic N) is 2. The van der Waals surface area contributed by atoms with Gasteiger partial charge in [0.2, 0.25) is 5.11 Å². The molecule has 2 aromatic carbocycles. The standard InChI is InChI=1S/C18H21N2O3PS/c1-3-22-24(21,23-4-2)17-19-20-18(25-17,15-11-7-5-8-12-15)16-13-9-6-10-14-16/h5-14,17H,3-4H2,1-2H3. The smallest absolute Gasteiger partial charge is 0.307 e. The van der Waals surface area contributed by atoms with E-state index in [-0.39, 0.29) is 0 Å². The van der Waals surface area contributed by atoms with Gasteiger partial charge in [-0.15, -0.1) is 0 Å². The summed E-state index contributed by atoms with van der Waals surface area (Å²) in [5, 5.41) is 8.21. The van der Waals surface area contributed by atoms with Gasteiger partial charge in [-0.3, -0.25) is 4.57 Å². The SMILES string of the molecule is CCOP(=O)(OCC)C1N=NC(c2ccccc2)(c2ccccc2)S1. The molecule has 7 heteroatoms. The van der Waals surface area contributed by atoms with Crippen LogP contribution < -0.4 is 0 Å². The Morgan fingerprint density at radius 3 is 1.88 bits per heavy atom. The van der Waals surface area contributed by atoms with Crippen molar-refractivity contribution in [2.45, 2.75) is 23.8 Å². The first kappa shape index (κ1) is 18.3. The van der Waals surface area contributed by atoms with Gasteiger partial charge in [-0.2, -0.15) is 10.2 Å². The van der Waals surface area contributed by atoms with E-state index in [1.54, 1.807) is 13.8 Å². The highest BCUT2D eigenvalue weighted by atomic mass is 32.2. The average molecular weight is 376 g/mol. The van der Waals surface area contributed by atoms with Crippen molar-refractivity contribution in [1.82, 2.24) is 0 Å². The Labute approximate surface area is 152 Å². The second-order valence-electron chi connectivity index (χ2n) is 5.41. The second kappa shape index (κ2) is 7.83. The molecule has 0 N–H and O–H groups in total. The summed E-state index contributed by atoms with van der Waals surface area (Å²) >= 11 is 1.40. The summed E-state index contributed by atoms with van der Waals surface area (Å²) in [5.74, 6) is 0. The molecule has 0 radical (unpaired) electrons. The Hall–Kier alpha value is -1.46. The molecule has 0 saturated heterocycles. The van der Waals surface area contributed by atoms with Crippen LogP contribution in [-0.2, 0) is 18.5 Å². The van der Waals surface area contributed by atoms with Crippen molar-refractivity contribution in [3.05, 3.63) is 71.8 Å². The molecule has 1 heterocycles. The quantitative estimate of drug-likeness (QED) is 0.587. The third kappa shape index (κ3) is 3.58. The predicted molar refractivity (Wildman–Crippen MR) is 101 cm³/mol. The number of hydrogen-bond donors (Lipinski definition) is 0. The number of hydrogen-bond acceptors (Lipinski definition) is 6. The first-order valence-corrected chi connectivity index (χ1v) is 10.7. The van der Waals surface area contributed by atoms with Gasteiger partial charge in [0.05, 0.1) is 13.2 Å². The highest BCUT2D eigenvalue weighted by Gasteiger charge is 2.50. The predicted octanol–water partition coefficient (Wildman–Crippen LogP) is 5.64. The van der Waals surface area contributed by atoms with Gasteiger partial charge in [0.1, 0.15) is 0 Å². The fraction of sp³-hybridized carbons (Fsp3) is 0.333. The van der Waals surface area contributed by atoms with E-state index >= 15 is 0 Å². The largest absolute Gasteiger partial charge is 0.367 e. The minimum absolute atomic E-state index is 0.299. The lowest BCUT2D eigenvalue weighted by Crippen LogP contribution is -2.20. The van der Waals surface area contributed by atoms with Crippen molar-refractivity contribution in [3.8, 4) is 0 Å². The molecule has 0 fully saturated rings. The van der Waals surface area contributed by atoms with E-state index < -0.39 is 17.6 Å². The Kier molecular flexibility index (Phi) is 5.74. The van der Waals surface area contributed by atoms with E-state index in [9.17, 15) is 4.57 Å². The zero-order chi connectivity index (χ0) is 17.8. The summed E-state index contributed by atoms with van der Waals surface area (Å²) in [6, 6.07) is 19.8. The van der Waals surface area contributed by atoms with Crippen molar-refractivity contribution in [1.29, 1.82) is 0 Å². The van der Waals surface area contributed by atoms with Gasteiger partial charge < -0.3 is 9.05 Å². The first-order valence-electron chi connectivity index (χ1n) is 8.24. The van der Waals surface area contributed by atoms with Crippen LogP contribution in [0.1, 0.15) is 25.0 Å². The minimum atomic E-state index is -3.39. The van der Waals surface area contributed by atoms with E-state index in [4.69, 9.17) is 9.05 Å². The molecular formula is C18H21N2O3PS. The molecule has 3 rings (SSSR count). The van der Waals surface area contributed by atoms with Crippen molar-refractivity contribution >= 4 is 19.4 Å². The monoisotopic (exact) mass is 376 g/mol. The van der Waals surface area contributed by atoms with Gasteiger partial charge >= 0.3 is 7.60 Å². The molecule has 1 aliphatic heterocycles. The summed E-state index contributed by atoms with van der Waals surface area (Å²) < 4.78 is 24.1. The Morgan fingerprint density at radius 2 is 1.44 bits per heavy atom. The van der Waals surface area contributed by atoms with Crippen LogP contribution in [0.2, 0.25) is 0 Å². The Morgan fingerprint density at radius 1 is 0.960 bits per heavy atom. The lowest BCUT2D eigenvalue weighted by atomic mass is 9.99. The zero-order valence-corrected chi connectivity index (χ0v) is 16.0. The molecule has 0 amide bonds. The first-order chi connectivity index (χ1) is 12.1.